The number of fused-ring (bicyclic) bond motifs is 1. The second-order valence-electron chi connectivity index (χ2n) is 8.98. The first kappa shape index (κ1) is 25.8. The third kappa shape index (κ3) is 6.66. The molecule has 8 heteroatoms. The number of nitrogens with one attached hydrogen (secondary N) is 1. The summed E-state index contributed by atoms with van der Waals surface area (Å²) in [5.41, 5.74) is 3.00. The lowest BCUT2D eigenvalue weighted by Gasteiger charge is -2.21. The molecule has 0 spiro atoms. The maximum absolute atomic E-state index is 13.2. The summed E-state index contributed by atoms with van der Waals surface area (Å²) in [4.78, 5) is 13.5. The number of hydrogen-bond donors (Lipinski definition) is 1. The Bertz CT molecular complexity index is 1320. The minimum atomic E-state index is -3.63. The quantitative estimate of drug-likeness (QED) is 0.288. The fraction of sp³-hybridized carbons (Fsp3) is 0.286. The van der Waals surface area contributed by atoms with E-state index in [1.807, 2.05) is 79.7 Å². The standard InChI is InChI=1S/C28H33N5O2S/c1-32(2)27-15-9-14-26-25(27)13-10-16-28(26)36(34,35)31-19-7-8-20-33(21-23-11-3-5-17-29-23)22-24-12-4-6-18-30-24/h3-6,9-18,31H,7-8,19-22H2,1-2H3. The van der Waals surface area contributed by atoms with E-state index in [1.54, 1.807) is 24.5 Å². The second-order valence-corrected chi connectivity index (χ2v) is 10.7. The van der Waals surface area contributed by atoms with Crippen LogP contribution in [0.1, 0.15) is 24.2 Å². The Labute approximate surface area is 213 Å². The van der Waals surface area contributed by atoms with E-state index in [1.165, 1.54) is 0 Å². The number of unbranched alkanes of at least 4 members (excludes halogenated alkanes) is 1. The van der Waals surface area contributed by atoms with Gasteiger partial charge < -0.3 is 4.90 Å². The van der Waals surface area contributed by atoms with Gasteiger partial charge in [-0.25, -0.2) is 13.1 Å². The van der Waals surface area contributed by atoms with E-state index in [2.05, 4.69) is 19.6 Å². The Morgan fingerprint density at radius 1 is 0.750 bits per heavy atom. The second kappa shape index (κ2) is 12.1. The molecule has 1 N–H and O–H groups in total. The first-order chi connectivity index (χ1) is 17.4. The Morgan fingerprint density at radius 2 is 1.39 bits per heavy atom. The molecule has 0 fully saturated rings. The largest absolute Gasteiger partial charge is 0.377 e. The van der Waals surface area contributed by atoms with Crippen LogP contribution in [0, 0.1) is 0 Å². The van der Waals surface area contributed by atoms with Crippen LogP contribution in [-0.2, 0) is 23.1 Å². The van der Waals surface area contributed by atoms with Crippen LogP contribution in [0.4, 0.5) is 5.69 Å². The predicted octanol–water partition coefficient (Wildman–Crippen LogP) is 4.46. The number of benzene rings is 2. The summed E-state index contributed by atoms with van der Waals surface area (Å²) >= 11 is 0. The predicted molar refractivity (Wildman–Crippen MR) is 145 cm³/mol. The zero-order chi connectivity index (χ0) is 25.4. The van der Waals surface area contributed by atoms with E-state index in [0.717, 1.165) is 47.2 Å². The Balaban J connectivity index is 1.37. The van der Waals surface area contributed by atoms with Crippen LogP contribution in [0.25, 0.3) is 10.8 Å². The number of hydrogen-bond acceptors (Lipinski definition) is 6. The summed E-state index contributed by atoms with van der Waals surface area (Å²) in [7, 11) is 0.286. The first-order valence-electron chi connectivity index (χ1n) is 12.1. The van der Waals surface area contributed by atoms with Crippen LogP contribution < -0.4 is 9.62 Å². The highest BCUT2D eigenvalue weighted by Crippen LogP contribution is 2.30. The molecule has 0 aliphatic rings. The van der Waals surface area contributed by atoms with Crippen molar-refractivity contribution in [1.82, 2.24) is 19.6 Å². The van der Waals surface area contributed by atoms with Gasteiger partial charge >= 0.3 is 0 Å². The van der Waals surface area contributed by atoms with E-state index in [9.17, 15) is 8.42 Å². The zero-order valence-electron chi connectivity index (χ0n) is 20.8. The van der Waals surface area contributed by atoms with Crippen molar-refractivity contribution in [2.45, 2.75) is 30.8 Å². The monoisotopic (exact) mass is 503 g/mol. The molecule has 0 unspecified atom stereocenters. The lowest BCUT2D eigenvalue weighted by molar-refractivity contribution is 0.245. The lowest BCUT2D eigenvalue weighted by atomic mass is 10.1. The maximum atomic E-state index is 13.2. The molecule has 7 nitrogen and oxygen atoms in total. The molecule has 4 aromatic rings. The average Bonchev–Trinajstić information content (AvgIpc) is 2.88. The number of anilines is 1. The average molecular weight is 504 g/mol. The van der Waals surface area contributed by atoms with Gasteiger partial charge in [0.15, 0.2) is 0 Å². The molecule has 0 aliphatic heterocycles. The minimum absolute atomic E-state index is 0.315. The molecule has 2 heterocycles. The number of pyridine rings is 2. The van der Waals surface area contributed by atoms with Crippen LogP contribution in [0.2, 0.25) is 0 Å². The van der Waals surface area contributed by atoms with Gasteiger partial charge in [-0.3, -0.25) is 14.9 Å². The number of nitrogens with zero attached hydrogens (tertiary/aromatic N) is 4. The molecule has 2 aromatic carbocycles. The smallest absolute Gasteiger partial charge is 0.241 e. The van der Waals surface area contributed by atoms with Crippen molar-refractivity contribution in [2.24, 2.45) is 0 Å². The SMILES string of the molecule is CN(C)c1cccc2c(S(=O)(=O)NCCCCN(Cc3ccccn3)Cc3ccccn3)cccc12. The number of rotatable bonds is 12. The van der Waals surface area contributed by atoms with Gasteiger partial charge in [-0.05, 0) is 55.8 Å². The molecule has 4 rings (SSSR count). The van der Waals surface area contributed by atoms with Crippen LogP contribution in [0.5, 0.6) is 0 Å². The van der Waals surface area contributed by atoms with Crippen molar-refractivity contribution in [1.29, 1.82) is 0 Å². The third-order valence-electron chi connectivity index (χ3n) is 6.05. The van der Waals surface area contributed by atoms with Crippen molar-refractivity contribution in [3.8, 4) is 0 Å². The van der Waals surface area contributed by atoms with Crippen molar-refractivity contribution < 1.29 is 8.42 Å². The van der Waals surface area contributed by atoms with Gasteiger partial charge in [0.1, 0.15) is 0 Å². The van der Waals surface area contributed by atoms with E-state index >= 15 is 0 Å². The minimum Gasteiger partial charge on any atom is -0.377 e. The summed E-state index contributed by atoms with van der Waals surface area (Å²) in [6, 6.07) is 23.0. The highest BCUT2D eigenvalue weighted by atomic mass is 32.2. The third-order valence-corrected chi connectivity index (χ3v) is 7.57. The topological polar surface area (TPSA) is 78.4 Å². The maximum Gasteiger partial charge on any atom is 0.241 e. The van der Waals surface area contributed by atoms with E-state index < -0.39 is 10.0 Å². The van der Waals surface area contributed by atoms with Crippen LogP contribution in [0.15, 0.2) is 90.1 Å². The summed E-state index contributed by atoms with van der Waals surface area (Å²) in [5, 5.41) is 1.65. The molecule has 0 radical (unpaired) electrons. The normalized spacial score (nSPS) is 11.8. The van der Waals surface area contributed by atoms with Crippen molar-refractivity contribution in [3.05, 3.63) is 96.6 Å². The molecule has 0 amide bonds. The van der Waals surface area contributed by atoms with Gasteiger partial charge in [-0.2, -0.15) is 0 Å². The molecular weight excluding hydrogens is 470 g/mol. The fourth-order valence-corrected chi connectivity index (χ4v) is 5.58. The van der Waals surface area contributed by atoms with Crippen LogP contribution in [0.3, 0.4) is 0 Å². The van der Waals surface area contributed by atoms with Crippen molar-refractivity contribution in [2.75, 3.05) is 32.1 Å². The molecule has 188 valence electrons. The summed E-state index contributed by atoms with van der Waals surface area (Å²) in [6.07, 6.45) is 5.19. The van der Waals surface area contributed by atoms with Gasteiger partial charge in [0.05, 0.1) is 16.3 Å². The van der Waals surface area contributed by atoms with Gasteiger partial charge in [-0.1, -0.05) is 36.4 Å². The highest BCUT2D eigenvalue weighted by Gasteiger charge is 2.18. The zero-order valence-corrected chi connectivity index (χ0v) is 21.7. The van der Waals surface area contributed by atoms with Crippen LogP contribution in [-0.4, -0.2) is 50.5 Å². The molecule has 2 aromatic heterocycles. The molecule has 0 aliphatic carbocycles. The van der Waals surface area contributed by atoms with E-state index in [4.69, 9.17) is 0 Å². The number of sulfonamides is 1. The number of aromatic nitrogens is 2. The van der Waals surface area contributed by atoms with Gasteiger partial charge in [-0.15, -0.1) is 0 Å². The molecular formula is C28H33N5O2S. The Hall–Kier alpha value is -3.33. The Kier molecular flexibility index (Phi) is 8.64. The molecule has 0 bridgehead atoms. The highest BCUT2D eigenvalue weighted by molar-refractivity contribution is 7.89. The Morgan fingerprint density at radius 3 is 2.00 bits per heavy atom. The molecule has 0 saturated heterocycles. The van der Waals surface area contributed by atoms with Crippen molar-refractivity contribution in [3.63, 3.8) is 0 Å². The fourth-order valence-electron chi connectivity index (χ4n) is 4.29. The summed E-state index contributed by atoms with van der Waals surface area (Å²) in [5.74, 6) is 0. The first-order valence-corrected chi connectivity index (χ1v) is 13.6. The van der Waals surface area contributed by atoms with E-state index in [0.29, 0.717) is 24.5 Å². The summed E-state index contributed by atoms with van der Waals surface area (Å²) < 4.78 is 29.1. The van der Waals surface area contributed by atoms with Crippen LogP contribution >= 0.6 is 0 Å². The van der Waals surface area contributed by atoms with E-state index in [-0.39, 0.29) is 0 Å². The lowest BCUT2D eigenvalue weighted by Crippen LogP contribution is -2.28. The molecule has 36 heavy (non-hydrogen) atoms. The molecule has 0 saturated carbocycles. The van der Waals surface area contributed by atoms with Gasteiger partial charge in [0.2, 0.25) is 10.0 Å². The van der Waals surface area contributed by atoms with Crippen molar-refractivity contribution >= 4 is 26.5 Å². The van der Waals surface area contributed by atoms with Gasteiger partial charge in [0.25, 0.3) is 0 Å². The summed E-state index contributed by atoms with van der Waals surface area (Å²) in [6.45, 7) is 2.63. The van der Waals surface area contributed by atoms with Gasteiger partial charge in [0, 0.05) is 62.6 Å². The molecule has 0 atom stereocenters.